The van der Waals surface area contributed by atoms with E-state index in [4.69, 9.17) is 18.9 Å². The van der Waals surface area contributed by atoms with Crippen LogP contribution in [0.4, 0.5) is 16.2 Å². The lowest BCUT2D eigenvalue weighted by Crippen LogP contribution is -2.54. The van der Waals surface area contributed by atoms with Crippen molar-refractivity contribution in [2.75, 3.05) is 37.1 Å². The number of nitrogens with zero attached hydrogens (tertiary/aromatic N) is 1. The minimum absolute atomic E-state index is 0.199. The highest BCUT2D eigenvalue weighted by molar-refractivity contribution is 6.39. The van der Waals surface area contributed by atoms with Crippen LogP contribution in [0.2, 0.25) is 0 Å². The quantitative estimate of drug-likeness (QED) is 0.214. The minimum atomic E-state index is -0.890. The summed E-state index contributed by atoms with van der Waals surface area (Å²) in [5.74, 6) is -0.594. The Bertz CT molecular complexity index is 1610. The molecule has 3 aromatic rings. The molecule has 44 heavy (non-hydrogen) atoms. The normalized spacial score (nSPS) is 13.9. The van der Waals surface area contributed by atoms with Gasteiger partial charge < -0.3 is 24.3 Å². The van der Waals surface area contributed by atoms with Gasteiger partial charge in [-0.25, -0.2) is 9.69 Å². The van der Waals surface area contributed by atoms with Gasteiger partial charge in [0.15, 0.2) is 29.6 Å². The fourth-order valence-electron chi connectivity index (χ4n) is 4.47. The summed E-state index contributed by atoms with van der Waals surface area (Å²) in [5, 5.41) is 5.04. The van der Waals surface area contributed by atoms with E-state index in [1.165, 1.54) is 25.3 Å². The first-order valence-corrected chi connectivity index (χ1v) is 14.1. The first-order valence-electron chi connectivity index (χ1n) is 14.1. The van der Waals surface area contributed by atoms with Crippen molar-refractivity contribution in [2.45, 2.75) is 34.1 Å². The average Bonchev–Trinajstić information content (AvgIpc) is 2.99. The van der Waals surface area contributed by atoms with Crippen LogP contribution in [0, 0.1) is 13.8 Å². The molecule has 11 heteroatoms. The lowest BCUT2D eigenvalue weighted by molar-refractivity contribution is -0.122. The Labute approximate surface area is 255 Å². The SMILES string of the molecule is CCCOc1ccc(N2C(=O)NC(=O)/C(=C/c3ccc(OCC(=O)Nc4ccc(C)cc4C)c(OCC)c3)C2=O)cc1OC. The number of hydrogen-bond acceptors (Lipinski definition) is 8. The lowest BCUT2D eigenvalue weighted by Gasteiger charge is -2.27. The van der Waals surface area contributed by atoms with Crippen molar-refractivity contribution >= 4 is 41.2 Å². The Balaban J connectivity index is 1.54. The minimum Gasteiger partial charge on any atom is -0.493 e. The van der Waals surface area contributed by atoms with Crippen molar-refractivity contribution in [3.63, 3.8) is 0 Å². The largest absolute Gasteiger partial charge is 0.493 e. The van der Waals surface area contributed by atoms with E-state index in [0.717, 1.165) is 22.4 Å². The molecule has 230 valence electrons. The number of amides is 5. The number of ether oxygens (including phenoxy) is 4. The number of benzene rings is 3. The van der Waals surface area contributed by atoms with Crippen LogP contribution in [0.15, 0.2) is 60.2 Å². The lowest BCUT2D eigenvalue weighted by atomic mass is 10.1. The molecule has 0 saturated carbocycles. The van der Waals surface area contributed by atoms with Gasteiger partial charge in [0.2, 0.25) is 0 Å². The molecule has 11 nitrogen and oxygen atoms in total. The number of imide groups is 2. The molecule has 0 aromatic heterocycles. The number of carbonyl (C=O) groups excluding carboxylic acids is 4. The highest BCUT2D eigenvalue weighted by Gasteiger charge is 2.37. The van der Waals surface area contributed by atoms with E-state index in [9.17, 15) is 19.2 Å². The molecule has 0 atom stereocenters. The van der Waals surface area contributed by atoms with Crippen LogP contribution in [0.3, 0.4) is 0 Å². The molecule has 3 aromatic carbocycles. The van der Waals surface area contributed by atoms with Gasteiger partial charge in [-0.15, -0.1) is 0 Å². The monoisotopic (exact) mass is 601 g/mol. The summed E-state index contributed by atoms with van der Waals surface area (Å²) < 4.78 is 22.5. The van der Waals surface area contributed by atoms with Gasteiger partial charge in [-0.2, -0.15) is 0 Å². The summed E-state index contributed by atoms with van der Waals surface area (Å²) in [4.78, 5) is 52.4. The van der Waals surface area contributed by atoms with Gasteiger partial charge in [0.05, 0.1) is 26.0 Å². The van der Waals surface area contributed by atoms with E-state index in [2.05, 4.69) is 10.6 Å². The Morgan fingerprint density at radius 3 is 2.34 bits per heavy atom. The summed E-state index contributed by atoms with van der Waals surface area (Å²) in [6, 6.07) is 14.2. The number of anilines is 2. The van der Waals surface area contributed by atoms with Crippen LogP contribution < -0.4 is 34.5 Å². The van der Waals surface area contributed by atoms with Crippen molar-refractivity contribution in [1.82, 2.24) is 5.32 Å². The van der Waals surface area contributed by atoms with E-state index in [-0.39, 0.29) is 23.8 Å². The van der Waals surface area contributed by atoms with Crippen LogP contribution in [0.1, 0.15) is 37.0 Å². The third kappa shape index (κ3) is 7.35. The molecule has 2 N–H and O–H groups in total. The second-order valence-corrected chi connectivity index (χ2v) is 9.94. The van der Waals surface area contributed by atoms with Gasteiger partial charge >= 0.3 is 6.03 Å². The predicted molar refractivity (Wildman–Crippen MR) is 165 cm³/mol. The number of urea groups is 1. The Hall–Kier alpha value is -5.32. The zero-order valence-corrected chi connectivity index (χ0v) is 25.3. The van der Waals surface area contributed by atoms with Crippen molar-refractivity contribution in [3.05, 3.63) is 76.9 Å². The second-order valence-electron chi connectivity index (χ2n) is 9.94. The molecule has 5 amide bonds. The van der Waals surface area contributed by atoms with Crippen LogP contribution >= 0.6 is 0 Å². The van der Waals surface area contributed by atoms with E-state index in [1.54, 1.807) is 31.2 Å². The van der Waals surface area contributed by atoms with Crippen molar-refractivity contribution < 1.29 is 38.1 Å². The Morgan fingerprint density at radius 1 is 0.886 bits per heavy atom. The summed E-state index contributed by atoms with van der Waals surface area (Å²) in [5.41, 5.74) is 3.09. The molecule has 1 aliphatic rings. The third-order valence-corrected chi connectivity index (χ3v) is 6.56. The molecule has 1 aliphatic heterocycles. The van der Waals surface area contributed by atoms with E-state index >= 15 is 0 Å². The van der Waals surface area contributed by atoms with Gasteiger partial charge in [-0.3, -0.25) is 19.7 Å². The third-order valence-electron chi connectivity index (χ3n) is 6.56. The molecule has 0 bridgehead atoms. The fraction of sp³-hybridized carbons (Fsp3) is 0.273. The highest BCUT2D eigenvalue weighted by Crippen LogP contribution is 2.34. The molecule has 1 saturated heterocycles. The summed E-state index contributed by atoms with van der Waals surface area (Å²) >= 11 is 0. The molecular formula is C33H35N3O8. The topological polar surface area (TPSA) is 132 Å². The second kappa shape index (κ2) is 14.2. The van der Waals surface area contributed by atoms with E-state index < -0.39 is 17.8 Å². The van der Waals surface area contributed by atoms with Crippen LogP contribution in [-0.2, 0) is 14.4 Å². The molecule has 0 radical (unpaired) electrons. The standard InChI is InChI=1S/C33H35N3O8/c1-6-14-43-26-13-10-23(18-28(26)41-5)36-32(39)24(31(38)35-33(36)40)16-22-9-12-27(29(17-22)42-7-2)44-19-30(37)34-25-11-8-20(3)15-21(25)4/h8-13,15-18H,6-7,14,19H2,1-5H3,(H,34,37)(H,35,38,40)/b24-16-. The van der Waals surface area contributed by atoms with Gasteiger partial charge in [-0.1, -0.05) is 30.7 Å². The fourth-order valence-corrected chi connectivity index (χ4v) is 4.47. The molecule has 0 aliphatic carbocycles. The van der Waals surface area contributed by atoms with Crippen molar-refractivity contribution in [3.8, 4) is 23.0 Å². The first kappa shape index (κ1) is 31.6. The number of nitrogens with one attached hydrogen (secondary N) is 2. The molecule has 4 rings (SSSR count). The number of methoxy groups -OCH3 is 1. The molecular weight excluding hydrogens is 566 g/mol. The maximum absolute atomic E-state index is 13.5. The predicted octanol–water partition coefficient (Wildman–Crippen LogP) is 5.18. The Kier molecular flexibility index (Phi) is 10.2. The molecule has 1 heterocycles. The van der Waals surface area contributed by atoms with Gasteiger partial charge in [0.1, 0.15) is 5.57 Å². The smallest absolute Gasteiger partial charge is 0.335 e. The Morgan fingerprint density at radius 2 is 1.64 bits per heavy atom. The molecule has 0 unspecified atom stereocenters. The summed E-state index contributed by atoms with van der Waals surface area (Å²) in [6.07, 6.45) is 2.14. The summed E-state index contributed by atoms with van der Waals surface area (Å²) in [7, 11) is 1.45. The highest BCUT2D eigenvalue weighted by atomic mass is 16.5. The van der Waals surface area contributed by atoms with Crippen LogP contribution in [0.5, 0.6) is 23.0 Å². The number of hydrogen-bond donors (Lipinski definition) is 2. The number of rotatable bonds is 12. The summed E-state index contributed by atoms with van der Waals surface area (Å²) in [6.45, 7) is 8.14. The van der Waals surface area contributed by atoms with Gasteiger partial charge in [-0.05, 0) is 74.7 Å². The maximum Gasteiger partial charge on any atom is 0.335 e. The van der Waals surface area contributed by atoms with Gasteiger partial charge in [0, 0.05) is 11.8 Å². The average molecular weight is 602 g/mol. The first-order chi connectivity index (χ1) is 21.1. The van der Waals surface area contributed by atoms with Crippen LogP contribution in [0.25, 0.3) is 6.08 Å². The maximum atomic E-state index is 13.5. The van der Waals surface area contributed by atoms with E-state index in [0.29, 0.717) is 47.5 Å². The number of carbonyl (C=O) groups is 4. The van der Waals surface area contributed by atoms with Crippen molar-refractivity contribution in [1.29, 1.82) is 0 Å². The van der Waals surface area contributed by atoms with E-state index in [1.807, 2.05) is 39.0 Å². The molecule has 0 spiro atoms. The van der Waals surface area contributed by atoms with Crippen LogP contribution in [-0.4, -0.2) is 50.7 Å². The number of aryl methyl sites for hydroxylation is 2. The van der Waals surface area contributed by atoms with Gasteiger partial charge in [0.25, 0.3) is 17.7 Å². The zero-order chi connectivity index (χ0) is 31.8. The number of barbiturate groups is 1. The van der Waals surface area contributed by atoms with Crippen molar-refractivity contribution in [2.24, 2.45) is 0 Å². The molecule has 1 fully saturated rings. The zero-order valence-electron chi connectivity index (χ0n) is 25.3.